The summed E-state index contributed by atoms with van der Waals surface area (Å²) in [6, 6.07) is 5.69. The third-order valence-corrected chi connectivity index (χ3v) is 2.57. The molecule has 0 atom stereocenters. The van der Waals surface area contributed by atoms with E-state index < -0.39 is 0 Å². The molecule has 106 valence electrons. The fourth-order valence-electron chi connectivity index (χ4n) is 1.57. The predicted octanol–water partition coefficient (Wildman–Crippen LogP) is 1.87. The molecule has 1 aromatic carbocycles. The first-order chi connectivity index (χ1) is 9.22. The van der Waals surface area contributed by atoms with Gasteiger partial charge in [-0.05, 0) is 25.0 Å². The van der Waals surface area contributed by atoms with Gasteiger partial charge in [0.25, 0.3) is 5.91 Å². The molecule has 19 heavy (non-hydrogen) atoms. The second kappa shape index (κ2) is 9.33. The van der Waals surface area contributed by atoms with E-state index in [4.69, 9.17) is 9.84 Å². The van der Waals surface area contributed by atoms with E-state index in [1.165, 1.54) is 18.2 Å². The van der Waals surface area contributed by atoms with E-state index in [2.05, 4.69) is 5.32 Å². The highest BCUT2D eigenvalue weighted by atomic mass is 19.1. The zero-order chi connectivity index (χ0) is 13.9. The van der Waals surface area contributed by atoms with E-state index >= 15 is 0 Å². The number of benzene rings is 1. The lowest BCUT2D eigenvalue weighted by Gasteiger charge is -2.07. The molecule has 0 unspecified atom stereocenters. The van der Waals surface area contributed by atoms with E-state index in [-0.39, 0.29) is 24.9 Å². The molecule has 0 saturated carbocycles. The minimum Gasteiger partial charge on any atom is -0.484 e. The van der Waals surface area contributed by atoms with Crippen LogP contribution in [-0.2, 0) is 4.79 Å². The first kappa shape index (κ1) is 15.4. The zero-order valence-corrected chi connectivity index (χ0v) is 10.9. The fourth-order valence-corrected chi connectivity index (χ4v) is 1.57. The predicted molar refractivity (Wildman–Crippen MR) is 70.5 cm³/mol. The number of nitrogens with one attached hydrogen (secondary N) is 1. The van der Waals surface area contributed by atoms with E-state index in [1.807, 2.05) is 0 Å². The highest BCUT2D eigenvalue weighted by Gasteiger charge is 2.02. The maximum Gasteiger partial charge on any atom is 0.257 e. The molecule has 0 aliphatic rings. The number of unbranched alkanes of at least 4 members (excludes halogenated alkanes) is 3. The Bertz CT molecular complexity index is 385. The molecule has 0 fully saturated rings. The van der Waals surface area contributed by atoms with Gasteiger partial charge in [0.15, 0.2) is 6.61 Å². The minimum absolute atomic E-state index is 0.111. The van der Waals surface area contributed by atoms with Crippen molar-refractivity contribution in [1.29, 1.82) is 0 Å². The molecule has 0 spiro atoms. The SMILES string of the molecule is O=C(COc1cccc(F)c1)NCCCCCCO. The molecule has 0 aromatic heterocycles. The lowest BCUT2D eigenvalue weighted by molar-refractivity contribution is -0.123. The highest BCUT2D eigenvalue weighted by Crippen LogP contribution is 2.11. The van der Waals surface area contributed by atoms with Crippen LogP contribution in [0.1, 0.15) is 25.7 Å². The summed E-state index contributed by atoms with van der Waals surface area (Å²) in [4.78, 5) is 11.4. The summed E-state index contributed by atoms with van der Waals surface area (Å²) in [6.07, 6.45) is 3.63. The Morgan fingerprint density at radius 1 is 1.26 bits per heavy atom. The van der Waals surface area contributed by atoms with Crippen LogP contribution in [0, 0.1) is 5.82 Å². The Hall–Kier alpha value is -1.62. The van der Waals surface area contributed by atoms with Crippen molar-refractivity contribution in [3.8, 4) is 5.75 Å². The van der Waals surface area contributed by atoms with Crippen molar-refractivity contribution in [2.24, 2.45) is 0 Å². The number of rotatable bonds is 9. The van der Waals surface area contributed by atoms with Crippen molar-refractivity contribution in [3.63, 3.8) is 0 Å². The molecule has 0 aliphatic carbocycles. The van der Waals surface area contributed by atoms with Crippen molar-refractivity contribution in [2.45, 2.75) is 25.7 Å². The molecule has 4 nitrogen and oxygen atoms in total. The summed E-state index contributed by atoms with van der Waals surface area (Å²) in [6.45, 7) is 0.699. The summed E-state index contributed by atoms with van der Waals surface area (Å²) in [5.41, 5.74) is 0. The van der Waals surface area contributed by atoms with Gasteiger partial charge in [0.05, 0.1) is 0 Å². The Morgan fingerprint density at radius 3 is 2.79 bits per heavy atom. The molecule has 0 bridgehead atoms. The van der Waals surface area contributed by atoms with Crippen LogP contribution in [0.2, 0.25) is 0 Å². The summed E-state index contributed by atoms with van der Waals surface area (Å²) >= 11 is 0. The lowest BCUT2D eigenvalue weighted by atomic mass is 10.2. The van der Waals surface area contributed by atoms with Crippen molar-refractivity contribution >= 4 is 5.91 Å². The molecular weight excluding hydrogens is 249 g/mol. The monoisotopic (exact) mass is 269 g/mol. The van der Waals surface area contributed by atoms with Crippen LogP contribution in [0.5, 0.6) is 5.75 Å². The second-order valence-electron chi connectivity index (χ2n) is 4.23. The third kappa shape index (κ3) is 7.41. The number of hydrogen-bond donors (Lipinski definition) is 2. The van der Waals surface area contributed by atoms with Crippen LogP contribution in [0.15, 0.2) is 24.3 Å². The Kier molecular flexibility index (Phi) is 7.58. The third-order valence-electron chi connectivity index (χ3n) is 2.57. The quantitative estimate of drug-likeness (QED) is 0.673. The fraction of sp³-hybridized carbons (Fsp3) is 0.500. The van der Waals surface area contributed by atoms with Crippen LogP contribution >= 0.6 is 0 Å². The molecule has 0 saturated heterocycles. The van der Waals surface area contributed by atoms with Crippen molar-refractivity contribution in [3.05, 3.63) is 30.1 Å². The van der Waals surface area contributed by atoms with Crippen molar-refractivity contribution in [2.75, 3.05) is 19.8 Å². The second-order valence-corrected chi connectivity index (χ2v) is 4.23. The van der Waals surface area contributed by atoms with Gasteiger partial charge in [-0.1, -0.05) is 18.9 Å². The van der Waals surface area contributed by atoms with Gasteiger partial charge in [-0.25, -0.2) is 4.39 Å². The Labute approximate surface area is 112 Å². The van der Waals surface area contributed by atoms with E-state index in [0.29, 0.717) is 12.3 Å². The molecule has 0 aliphatic heterocycles. The molecule has 1 amide bonds. The van der Waals surface area contributed by atoms with Gasteiger partial charge >= 0.3 is 0 Å². The number of carbonyl (C=O) groups is 1. The van der Waals surface area contributed by atoms with Crippen LogP contribution in [0.4, 0.5) is 4.39 Å². The summed E-state index contributed by atoms with van der Waals surface area (Å²) < 4.78 is 18.0. The highest BCUT2D eigenvalue weighted by molar-refractivity contribution is 5.77. The molecule has 1 aromatic rings. The standard InChI is InChI=1S/C14H20FNO3/c15-12-6-5-7-13(10-12)19-11-14(18)16-8-3-1-2-4-9-17/h5-7,10,17H,1-4,8-9,11H2,(H,16,18). The number of aliphatic hydroxyl groups excluding tert-OH is 1. The minimum atomic E-state index is -0.387. The van der Waals surface area contributed by atoms with Crippen LogP contribution in [0.25, 0.3) is 0 Å². The van der Waals surface area contributed by atoms with Crippen molar-refractivity contribution in [1.82, 2.24) is 5.32 Å². The first-order valence-corrected chi connectivity index (χ1v) is 6.48. The van der Waals surface area contributed by atoms with Gasteiger partial charge in [0.1, 0.15) is 11.6 Å². The number of hydrogen-bond acceptors (Lipinski definition) is 3. The summed E-state index contributed by atoms with van der Waals surface area (Å²) in [5, 5.41) is 11.3. The number of ether oxygens (including phenoxy) is 1. The molecule has 2 N–H and O–H groups in total. The average Bonchev–Trinajstić information content (AvgIpc) is 2.40. The number of aliphatic hydroxyl groups is 1. The van der Waals surface area contributed by atoms with Gasteiger partial charge in [0, 0.05) is 19.2 Å². The van der Waals surface area contributed by atoms with Gasteiger partial charge in [0.2, 0.25) is 0 Å². The van der Waals surface area contributed by atoms with Gasteiger partial charge in [-0.3, -0.25) is 4.79 Å². The van der Waals surface area contributed by atoms with Crippen LogP contribution in [-0.4, -0.2) is 30.8 Å². The number of halogens is 1. The molecule has 0 heterocycles. The van der Waals surface area contributed by atoms with Crippen LogP contribution < -0.4 is 10.1 Å². The normalized spacial score (nSPS) is 10.2. The van der Waals surface area contributed by atoms with Gasteiger partial charge in [-0.15, -0.1) is 0 Å². The van der Waals surface area contributed by atoms with Crippen molar-refractivity contribution < 1.29 is 19.0 Å². The van der Waals surface area contributed by atoms with E-state index in [9.17, 15) is 9.18 Å². The zero-order valence-electron chi connectivity index (χ0n) is 10.9. The number of carbonyl (C=O) groups excluding carboxylic acids is 1. The maximum absolute atomic E-state index is 12.8. The molecule has 1 rings (SSSR count). The van der Waals surface area contributed by atoms with Crippen LogP contribution in [0.3, 0.4) is 0 Å². The summed E-state index contributed by atoms with van der Waals surface area (Å²) in [5.74, 6) is -0.258. The molecular formula is C14H20FNO3. The molecule has 5 heteroatoms. The largest absolute Gasteiger partial charge is 0.484 e. The topological polar surface area (TPSA) is 58.6 Å². The Balaban J connectivity index is 2.08. The molecule has 0 radical (unpaired) electrons. The number of amides is 1. The summed E-state index contributed by atoms with van der Waals surface area (Å²) in [7, 11) is 0. The first-order valence-electron chi connectivity index (χ1n) is 6.48. The maximum atomic E-state index is 12.8. The van der Waals surface area contributed by atoms with Gasteiger partial charge < -0.3 is 15.2 Å². The lowest BCUT2D eigenvalue weighted by Crippen LogP contribution is -2.29. The van der Waals surface area contributed by atoms with E-state index in [1.54, 1.807) is 6.07 Å². The Morgan fingerprint density at radius 2 is 2.05 bits per heavy atom. The van der Waals surface area contributed by atoms with E-state index in [0.717, 1.165) is 25.7 Å². The van der Waals surface area contributed by atoms with Gasteiger partial charge in [-0.2, -0.15) is 0 Å². The smallest absolute Gasteiger partial charge is 0.257 e. The average molecular weight is 269 g/mol.